The second-order valence-corrected chi connectivity index (χ2v) is 8.27. The summed E-state index contributed by atoms with van der Waals surface area (Å²) in [4.78, 5) is 12.3. The number of nitrogens with zero attached hydrogens (tertiary/aromatic N) is 2. The first-order valence-corrected chi connectivity index (χ1v) is 10.9. The lowest BCUT2D eigenvalue weighted by Gasteiger charge is -2.22. The number of carbonyl (C=O) groups is 1. The van der Waals surface area contributed by atoms with Crippen molar-refractivity contribution in [2.45, 2.75) is 26.3 Å². The third kappa shape index (κ3) is 4.33. The van der Waals surface area contributed by atoms with Gasteiger partial charge in [-0.1, -0.05) is 36.4 Å². The minimum absolute atomic E-state index is 0.195. The lowest BCUT2D eigenvalue weighted by atomic mass is 9.97. The van der Waals surface area contributed by atoms with Gasteiger partial charge >= 0.3 is 0 Å². The van der Waals surface area contributed by atoms with Crippen LogP contribution in [0.1, 0.15) is 37.4 Å². The molecule has 0 aliphatic carbocycles. The molecule has 28 heavy (non-hydrogen) atoms. The summed E-state index contributed by atoms with van der Waals surface area (Å²) in [5, 5.41) is 5.95. The Morgan fingerprint density at radius 1 is 1.21 bits per heavy atom. The number of sulfonamides is 1. The summed E-state index contributed by atoms with van der Waals surface area (Å²) in [7, 11) is -3.44. The van der Waals surface area contributed by atoms with Crippen LogP contribution >= 0.6 is 0 Å². The van der Waals surface area contributed by atoms with E-state index in [0.717, 1.165) is 11.8 Å². The first-order valence-electron chi connectivity index (χ1n) is 8.96. The molecule has 8 heteroatoms. The van der Waals surface area contributed by atoms with Crippen LogP contribution in [0.2, 0.25) is 0 Å². The molecule has 3 rings (SSSR count). The topological polar surface area (TPSA) is 88.1 Å². The molecular formula is C20H23N3O4S. The number of para-hydroxylation sites is 2. The van der Waals surface area contributed by atoms with Crippen molar-refractivity contribution in [3.63, 3.8) is 0 Å². The molecule has 1 aliphatic rings. The number of hydrogen-bond donors (Lipinski definition) is 1. The van der Waals surface area contributed by atoms with Crippen LogP contribution in [0.3, 0.4) is 0 Å². The highest BCUT2D eigenvalue weighted by Gasteiger charge is 2.34. The second kappa shape index (κ2) is 8.02. The Morgan fingerprint density at radius 2 is 1.89 bits per heavy atom. The maximum absolute atomic E-state index is 12.3. The molecule has 2 aromatic carbocycles. The minimum Gasteiger partial charge on any atom is -0.494 e. The van der Waals surface area contributed by atoms with E-state index in [9.17, 15) is 13.2 Å². The van der Waals surface area contributed by atoms with Gasteiger partial charge in [-0.2, -0.15) is 5.10 Å². The lowest BCUT2D eigenvalue weighted by Crippen LogP contribution is -2.24. The van der Waals surface area contributed by atoms with Gasteiger partial charge in [-0.3, -0.25) is 9.52 Å². The number of hydrazone groups is 1. The lowest BCUT2D eigenvalue weighted by molar-refractivity contribution is -0.130. The molecule has 7 nitrogen and oxygen atoms in total. The fraction of sp³-hybridized carbons (Fsp3) is 0.300. The van der Waals surface area contributed by atoms with E-state index in [0.29, 0.717) is 35.7 Å². The maximum atomic E-state index is 12.3. The highest BCUT2D eigenvalue weighted by Crippen LogP contribution is 2.38. The third-order valence-corrected chi connectivity index (χ3v) is 4.93. The fourth-order valence-corrected chi connectivity index (χ4v) is 3.85. The van der Waals surface area contributed by atoms with Gasteiger partial charge in [-0.25, -0.2) is 13.4 Å². The van der Waals surface area contributed by atoms with Gasteiger partial charge in [0.25, 0.3) is 0 Å². The Kier molecular flexibility index (Phi) is 5.69. The van der Waals surface area contributed by atoms with E-state index < -0.39 is 10.0 Å². The summed E-state index contributed by atoms with van der Waals surface area (Å²) < 4.78 is 31.7. The Hall–Kier alpha value is -2.87. The van der Waals surface area contributed by atoms with Crippen LogP contribution in [0.15, 0.2) is 53.6 Å². The van der Waals surface area contributed by atoms with Gasteiger partial charge in [0.1, 0.15) is 5.75 Å². The van der Waals surface area contributed by atoms with Crippen molar-refractivity contribution < 1.29 is 17.9 Å². The number of hydrogen-bond acceptors (Lipinski definition) is 5. The van der Waals surface area contributed by atoms with E-state index in [1.165, 1.54) is 11.9 Å². The Balaban J connectivity index is 2.01. The van der Waals surface area contributed by atoms with E-state index in [1.807, 2.05) is 37.3 Å². The zero-order valence-electron chi connectivity index (χ0n) is 16.0. The summed E-state index contributed by atoms with van der Waals surface area (Å²) in [5.74, 6) is 0.514. The molecule has 1 N–H and O–H groups in total. The third-order valence-electron chi connectivity index (χ3n) is 4.34. The van der Waals surface area contributed by atoms with Crippen molar-refractivity contribution in [3.05, 3.63) is 59.7 Å². The summed E-state index contributed by atoms with van der Waals surface area (Å²) in [6.07, 6.45) is 1.55. The van der Waals surface area contributed by atoms with E-state index in [1.54, 1.807) is 18.2 Å². The van der Waals surface area contributed by atoms with Crippen LogP contribution in [-0.4, -0.2) is 37.9 Å². The molecule has 2 aromatic rings. The average molecular weight is 401 g/mol. The first-order chi connectivity index (χ1) is 13.3. The predicted molar refractivity (Wildman–Crippen MR) is 109 cm³/mol. The van der Waals surface area contributed by atoms with Gasteiger partial charge in [0.15, 0.2) is 0 Å². The number of ether oxygens (including phenoxy) is 1. The van der Waals surface area contributed by atoms with Crippen LogP contribution in [0.5, 0.6) is 5.75 Å². The normalized spacial score (nSPS) is 16.6. The minimum atomic E-state index is -3.44. The van der Waals surface area contributed by atoms with Crippen molar-refractivity contribution in [2.75, 3.05) is 17.6 Å². The quantitative estimate of drug-likeness (QED) is 0.805. The molecule has 0 spiro atoms. The predicted octanol–water partition coefficient (Wildman–Crippen LogP) is 3.15. The van der Waals surface area contributed by atoms with Crippen LogP contribution in [0.25, 0.3) is 0 Å². The molecule has 0 unspecified atom stereocenters. The first kappa shape index (κ1) is 19.9. The van der Waals surface area contributed by atoms with Crippen LogP contribution in [-0.2, 0) is 14.8 Å². The molecular weight excluding hydrogens is 378 g/mol. The molecule has 0 aromatic heterocycles. The van der Waals surface area contributed by atoms with Crippen molar-refractivity contribution >= 4 is 27.3 Å². The van der Waals surface area contributed by atoms with Gasteiger partial charge in [0.05, 0.1) is 30.3 Å². The summed E-state index contributed by atoms with van der Waals surface area (Å²) in [6, 6.07) is 14.3. The Labute approximate surface area is 165 Å². The van der Waals surface area contributed by atoms with Gasteiger partial charge in [0, 0.05) is 24.5 Å². The van der Waals surface area contributed by atoms with Gasteiger partial charge in [0.2, 0.25) is 15.9 Å². The molecule has 148 valence electrons. The number of carbonyl (C=O) groups excluding carboxylic acids is 1. The zero-order valence-corrected chi connectivity index (χ0v) is 16.9. The second-order valence-electron chi connectivity index (χ2n) is 6.52. The van der Waals surface area contributed by atoms with Gasteiger partial charge < -0.3 is 4.74 Å². The highest BCUT2D eigenvalue weighted by atomic mass is 32.2. The average Bonchev–Trinajstić information content (AvgIpc) is 3.07. The zero-order chi connectivity index (χ0) is 20.3. The SMILES string of the molecule is CCOc1ccccc1[C@H]1CC(c2ccccc2NS(C)(=O)=O)=NN1C(C)=O. The molecule has 1 amide bonds. The number of benzene rings is 2. The summed E-state index contributed by atoms with van der Waals surface area (Å²) in [6.45, 7) is 3.88. The molecule has 1 heterocycles. The van der Waals surface area contributed by atoms with E-state index in [4.69, 9.17) is 4.74 Å². The monoisotopic (exact) mass is 401 g/mol. The molecule has 1 atom stereocenters. The smallest absolute Gasteiger partial charge is 0.240 e. The number of amides is 1. The molecule has 0 radical (unpaired) electrons. The Bertz CT molecular complexity index is 1020. The molecule has 0 bridgehead atoms. The number of nitrogens with one attached hydrogen (secondary N) is 1. The van der Waals surface area contributed by atoms with Crippen molar-refractivity contribution in [3.8, 4) is 5.75 Å². The molecule has 0 saturated heterocycles. The number of anilines is 1. The standard InChI is InChI=1S/C20H23N3O4S/c1-4-27-20-12-8-6-10-16(20)19-13-18(21-23(19)14(2)24)15-9-5-7-11-17(15)22-28(3,25)26/h5-12,19,22H,4,13H2,1-3H3/t19-/m1/s1. The summed E-state index contributed by atoms with van der Waals surface area (Å²) >= 11 is 0. The van der Waals surface area contributed by atoms with Crippen LogP contribution < -0.4 is 9.46 Å². The summed E-state index contributed by atoms with van der Waals surface area (Å²) in [5.41, 5.74) is 2.59. The van der Waals surface area contributed by atoms with Crippen molar-refractivity contribution in [1.82, 2.24) is 5.01 Å². The van der Waals surface area contributed by atoms with Crippen LogP contribution in [0.4, 0.5) is 5.69 Å². The van der Waals surface area contributed by atoms with Crippen molar-refractivity contribution in [2.24, 2.45) is 5.10 Å². The van der Waals surface area contributed by atoms with E-state index in [-0.39, 0.29) is 11.9 Å². The van der Waals surface area contributed by atoms with E-state index >= 15 is 0 Å². The Morgan fingerprint density at radius 3 is 2.57 bits per heavy atom. The van der Waals surface area contributed by atoms with Crippen molar-refractivity contribution in [1.29, 1.82) is 0 Å². The van der Waals surface area contributed by atoms with Gasteiger partial charge in [-0.15, -0.1) is 0 Å². The highest BCUT2D eigenvalue weighted by molar-refractivity contribution is 7.92. The number of rotatable bonds is 6. The molecule has 1 aliphatic heterocycles. The van der Waals surface area contributed by atoms with Crippen LogP contribution in [0, 0.1) is 0 Å². The van der Waals surface area contributed by atoms with E-state index in [2.05, 4.69) is 9.82 Å². The fourth-order valence-electron chi connectivity index (χ4n) is 3.27. The molecule has 0 fully saturated rings. The maximum Gasteiger partial charge on any atom is 0.240 e. The van der Waals surface area contributed by atoms with Gasteiger partial charge in [-0.05, 0) is 19.1 Å². The molecule has 0 saturated carbocycles. The largest absolute Gasteiger partial charge is 0.494 e.